The number of nitrogens with one attached hydrogen (secondary N) is 1. The van der Waals surface area contributed by atoms with Gasteiger partial charge in [-0.3, -0.25) is 13.7 Å². The lowest BCUT2D eigenvalue weighted by molar-refractivity contribution is -0.0324. The number of rotatable bonds is 9. The molecule has 0 amide bonds. The van der Waals surface area contributed by atoms with Crippen molar-refractivity contribution in [1.82, 2.24) is 19.5 Å². The Hall–Kier alpha value is -1.95. The smallest absolute Gasteiger partial charge is 0.340 e. The molecular weight excluding hydrogens is 515 g/mol. The molecule has 16 heteroatoms. The lowest BCUT2D eigenvalue weighted by Crippen LogP contribution is -2.17. The minimum absolute atomic E-state index is 0.0863. The van der Waals surface area contributed by atoms with Crippen LogP contribution in [0.2, 0.25) is 5.28 Å². The summed E-state index contributed by atoms with van der Waals surface area (Å²) in [5.41, 5.74) is 1.56. The number of benzene rings is 1. The summed E-state index contributed by atoms with van der Waals surface area (Å²) in [7, 11) is -9.36. The van der Waals surface area contributed by atoms with Crippen LogP contribution in [0.15, 0.2) is 36.7 Å². The first kappa shape index (κ1) is 25.2. The van der Waals surface area contributed by atoms with Crippen LogP contribution in [0.4, 0.5) is 10.2 Å². The molecule has 3 aromatic rings. The van der Waals surface area contributed by atoms with E-state index >= 15 is 0 Å². The van der Waals surface area contributed by atoms with Gasteiger partial charge in [-0.1, -0.05) is 30.3 Å². The second-order valence-corrected chi connectivity index (χ2v) is 12.0. The van der Waals surface area contributed by atoms with Crippen LogP contribution in [0.5, 0.6) is 0 Å². The van der Waals surface area contributed by atoms with Crippen LogP contribution in [0, 0.1) is 0 Å². The maximum Gasteiger partial charge on any atom is 0.340 e. The molecule has 4 rings (SSSR count). The molecule has 0 radical (unpaired) electrons. The first-order chi connectivity index (χ1) is 16.0. The predicted molar refractivity (Wildman–Crippen MR) is 120 cm³/mol. The third-order valence-electron chi connectivity index (χ3n) is 4.93. The first-order valence-electron chi connectivity index (χ1n) is 9.99. The zero-order valence-electron chi connectivity index (χ0n) is 17.4. The van der Waals surface area contributed by atoms with Gasteiger partial charge in [0.25, 0.3) is 0 Å². The lowest BCUT2D eigenvalue weighted by Gasteiger charge is -2.18. The van der Waals surface area contributed by atoms with Crippen LogP contribution >= 0.6 is 26.8 Å². The van der Waals surface area contributed by atoms with E-state index in [-0.39, 0.29) is 17.4 Å². The Morgan fingerprint density at radius 2 is 1.97 bits per heavy atom. The number of fused-ring (bicyclic) bond motifs is 1. The fourth-order valence-corrected chi connectivity index (χ4v) is 6.26. The van der Waals surface area contributed by atoms with Gasteiger partial charge in [0.05, 0.1) is 19.0 Å². The second-order valence-electron chi connectivity index (χ2n) is 7.64. The highest BCUT2D eigenvalue weighted by Gasteiger charge is 2.40. The van der Waals surface area contributed by atoms with Gasteiger partial charge in [0.1, 0.15) is 6.17 Å². The van der Waals surface area contributed by atoms with Crippen molar-refractivity contribution < 1.29 is 37.5 Å². The van der Waals surface area contributed by atoms with Crippen LogP contribution in [0.3, 0.4) is 0 Å². The highest BCUT2D eigenvalue weighted by molar-refractivity contribution is 7.70. The van der Waals surface area contributed by atoms with Crippen molar-refractivity contribution in [3.8, 4) is 0 Å². The zero-order valence-corrected chi connectivity index (χ0v) is 20.0. The monoisotopic (exact) mass is 535 g/mol. The van der Waals surface area contributed by atoms with Crippen molar-refractivity contribution in [3.05, 3.63) is 47.5 Å². The van der Waals surface area contributed by atoms with E-state index < -0.39 is 46.2 Å². The largest absolute Gasteiger partial charge is 0.364 e. The molecule has 4 atom stereocenters. The van der Waals surface area contributed by atoms with Crippen molar-refractivity contribution in [2.24, 2.45) is 0 Å². The Labute approximate surface area is 197 Å². The van der Waals surface area contributed by atoms with Gasteiger partial charge in [0.15, 0.2) is 29.1 Å². The summed E-state index contributed by atoms with van der Waals surface area (Å²) in [5.74, 6) is -0.986. The van der Waals surface area contributed by atoms with Crippen LogP contribution in [0.1, 0.15) is 18.2 Å². The number of imidazole rings is 1. The molecule has 0 saturated carbocycles. The van der Waals surface area contributed by atoms with Crippen LogP contribution in [0.25, 0.3) is 11.2 Å². The minimum Gasteiger partial charge on any atom is -0.364 e. The molecule has 1 fully saturated rings. The van der Waals surface area contributed by atoms with E-state index in [1.165, 1.54) is 10.9 Å². The zero-order chi connectivity index (χ0) is 24.5. The molecule has 0 bridgehead atoms. The number of ether oxygens (including phenoxy) is 1. The molecule has 4 N–H and O–H groups in total. The molecule has 184 valence electrons. The Morgan fingerprint density at radius 1 is 1.24 bits per heavy atom. The molecule has 2 aromatic heterocycles. The standard InChI is InChI=1S/C18H21ClFN5O7P2/c19-18-23-15(21-7-11-4-2-1-3-5-11)14-16(24-18)25(9-22-14)17-13(20)6-12(32-17)8-31-34(29,30)10-33(26,27)28/h1-5,9,12-13,17H,6-8,10H2,(H,29,30)(H,21,23,24)(H2,26,27,28)/t12-,13-,17+/m0/s1. The third kappa shape index (κ3) is 6.18. The fourth-order valence-electron chi connectivity index (χ4n) is 3.51. The molecule has 1 aromatic carbocycles. The topological polar surface area (TPSA) is 169 Å². The molecule has 3 heterocycles. The van der Waals surface area contributed by atoms with Gasteiger partial charge in [0, 0.05) is 13.0 Å². The van der Waals surface area contributed by atoms with Crippen LogP contribution in [-0.2, 0) is 24.9 Å². The van der Waals surface area contributed by atoms with Crippen molar-refractivity contribution in [1.29, 1.82) is 0 Å². The summed E-state index contributed by atoms with van der Waals surface area (Å²) in [4.78, 5) is 39.9. The van der Waals surface area contributed by atoms with Crippen molar-refractivity contribution in [3.63, 3.8) is 0 Å². The first-order valence-corrected chi connectivity index (χ1v) is 13.9. The average Bonchev–Trinajstić information content (AvgIpc) is 3.32. The summed E-state index contributed by atoms with van der Waals surface area (Å²) < 4.78 is 49.3. The maximum atomic E-state index is 14.8. The van der Waals surface area contributed by atoms with Crippen LogP contribution in [-0.4, -0.2) is 59.0 Å². The van der Waals surface area contributed by atoms with E-state index in [0.717, 1.165) is 5.56 Å². The Balaban J connectivity index is 1.48. The summed E-state index contributed by atoms with van der Waals surface area (Å²) in [5, 5.41) is 3.05. The average molecular weight is 536 g/mol. The second kappa shape index (κ2) is 9.96. The van der Waals surface area contributed by atoms with E-state index in [9.17, 15) is 18.4 Å². The minimum atomic E-state index is -4.77. The van der Waals surface area contributed by atoms with Crippen molar-refractivity contribution in [2.75, 3.05) is 17.8 Å². The molecule has 1 aliphatic heterocycles. The quantitative estimate of drug-likeness (QED) is 0.234. The molecule has 1 unspecified atom stereocenters. The van der Waals surface area contributed by atoms with E-state index in [4.69, 9.17) is 30.6 Å². The Morgan fingerprint density at radius 3 is 2.68 bits per heavy atom. The van der Waals surface area contributed by atoms with Gasteiger partial charge in [0.2, 0.25) is 5.28 Å². The molecule has 34 heavy (non-hydrogen) atoms. The Kier molecular flexibility index (Phi) is 7.37. The third-order valence-corrected chi connectivity index (χ3v) is 8.55. The highest BCUT2D eigenvalue weighted by atomic mass is 35.5. The van der Waals surface area contributed by atoms with Gasteiger partial charge >= 0.3 is 15.2 Å². The van der Waals surface area contributed by atoms with Crippen LogP contribution < -0.4 is 5.32 Å². The van der Waals surface area contributed by atoms with Gasteiger partial charge in [-0.2, -0.15) is 9.97 Å². The van der Waals surface area contributed by atoms with E-state index in [2.05, 4.69) is 20.3 Å². The lowest BCUT2D eigenvalue weighted by atomic mass is 10.2. The highest BCUT2D eigenvalue weighted by Crippen LogP contribution is 2.55. The Bertz CT molecular complexity index is 1260. The number of nitrogens with zero attached hydrogens (tertiary/aromatic N) is 4. The number of hydrogen-bond acceptors (Lipinski definition) is 8. The summed E-state index contributed by atoms with van der Waals surface area (Å²) in [6.45, 7) is -0.0893. The van der Waals surface area contributed by atoms with E-state index in [0.29, 0.717) is 17.9 Å². The normalized spacial score (nSPS) is 22.7. The number of hydrogen-bond donors (Lipinski definition) is 4. The molecule has 12 nitrogen and oxygen atoms in total. The fraction of sp³-hybridized carbons (Fsp3) is 0.389. The number of anilines is 1. The molecule has 1 saturated heterocycles. The van der Waals surface area contributed by atoms with Gasteiger partial charge in [-0.25, -0.2) is 9.37 Å². The molecule has 1 aliphatic rings. The molecular formula is C18H21ClFN5O7P2. The van der Waals surface area contributed by atoms with E-state index in [1.54, 1.807) is 0 Å². The number of aromatic nitrogens is 4. The van der Waals surface area contributed by atoms with Gasteiger partial charge in [-0.05, 0) is 17.2 Å². The summed E-state index contributed by atoms with van der Waals surface area (Å²) in [6, 6.07) is 9.55. The molecule has 0 spiro atoms. The maximum absolute atomic E-state index is 14.8. The van der Waals surface area contributed by atoms with Gasteiger partial charge in [-0.15, -0.1) is 0 Å². The predicted octanol–water partition coefficient (Wildman–Crippen LogP) is 3.05. The summed E-state index contributed by atoms with van der Waals surface area (Å²) >= 11 is 6.08. The van der Waals surface area contributed by atoms with E-state index in [1.807, 2.05) is 30.3 Å². The summed E-state index contributed by atoms with van der Waals surface area (Å²) in [6.07, 6.45) is -2.51. The number of halogens is 2. The number of alkyl halides is 1. The van der Waals surface area contributed by atoms with Crippen molar-refractivity contribution in [2.45, 2.75) is 31.5 Å². The SMILES string of the molecule is O=P(O)(O)CP(=O)(O)OC[C@@H]1C[C@H](F)[C@H](n2cnc3c(NCc4ccccc4)nc(Cl)nc32)O1. The van der Waals surface area contributed by atoms with Gasteiger partial charge < -0.3 is 29.3 Å². The molecule has 0 aliphatic carbocycles. The van der Waals surface area contributed by atoms with Crippen molar-refractivity contribution >= 4 is 43.8 Å².